The maximum Gasteiger partial charge on any atom is 0.124 e. The van der Waals surface area contributed by atoms with Crippen molar-refractivity contribution in [3.63, 3.8) is 0 Å². The lowest BCUT2D eigenvalue weighted by molar-refractivity contribution is 0.624. The van der Waals surface area contributed by atoms with E-state index in [-0.39, 0.29) is 17.1 Å². The van der Waals surface area contributed by atoms with E-state index >= 15 is 0 Å². The van der Waals surface area contributed by atoms with Gasteiger partial charge >= 0.3 is 0 Å². The maximum atomic E-state index is 13.1. The van der Waals surface area contributed by atoms with Gasteiger partial charge in [0.15, 0.2) is 0 Å². The summed E-state index contributed by atoms with van der Waals surface area (Å²) in [4.78, 5) is 0.911. The third-order valence-electron chi connectivity index (χ3n) is 2.81. The van der Waals surface area contributed by atoms with Gasteiger partial charge in [-0.3, -0.25) is 0 Å². The lowest BCUT2D eigenvalue weighted by Crippen LogP contribution is -2.20. The molecule has 94 valence electrons. The van der Waals surface area contributed by atoms with Crippen LogP contribution in [0, 0.1) is 5.82 Å². The van der Waals surface area contributed by atoms with Crippen molar-refractivity contribution in [1.29, 1.82) is 0 Å². The van der Waals surface area contributed by atoms with Crippen molar-refractivity contribution in [2.75, 3.05) is 0 Å². The number of thioether (sulfide) groups is 1. The molecule has 0 saturated heterocycles. The van der Waals surface area contributed by atoms with Crippen LogP contribution in [0.3, 0.4) is 0 Å². The van der Waals surface area contributed by atoms with Gasteiger partial charge in [0, 0.05) is 16.2 Å². The summed E-state index contributed by atoms with van der Waals surface area (Å²) in [5, 5.41) is 0.189. The molecule has 0 saturated carbocycles. The van der Waals surface area contributed by atoms with E-state index < -0.39 is 0 Å². The largest absolute Gasteiger partial charge is 0.323 e. The molecule has 3 heteroatoms. The van der Waals surface area contributed by atoms with Crippen LogP contribution in [0.2, 0.25) is 0 Å². The molecule has 0 heterocycles. The number of nitrogens with two attached hydrogens (primary N) is 1. The second-order valence-electron chi connectivity index (χ2n) is 4.22. The fourth-order valence-corrected chi connectivity index (χ4v) is 2.85. The Labute approximate surface area is 111 Å². The third-order valence-corrected chi connectivity index (χ3v) is 4.00. The van der Waals surface area contributed by atoms with Gasteiger partial charge in [-0.25, -0.2) is 4.39 Å². The van der Waals surface area contributed by atoms with Crippen molar-refractivity contribution in [1.82, 2.24) is 0 Å². The molecule has 0 bridgehead atoms. The number of rotatable bonds is 4. The van der Waals surface area contributed by atoms with Crippen molar-refractivity contribution >= 4 is 11.8 Å². The zero-order valence-corrected chi connectivity index (χ0v) is 11.0. The van der Waals surface area contributed by atoms with Crippen LogP contribution in [0.25, 0.3) is 0 Å². The SMILES string of the molecule is CC(Sc1cccc(F)c1)C(N)c1ccccc1. The molecule has 0 radical (unpaired) electrons. The standard InChI is InChI=1S/C15H16FNS/c1-11(15(17)12-6-3-2-4-7-12)18-14-9-5-8-13(16)10-14/h2-11,15H,17H2,1H3. The second-order valence-corrected chi connectivity index (χ2v) is 5.67. The summed E-state index contributed by atoms with van der Waals surface area (Å²) in [7, 11) is 0. The van der Waals surface area contributed by atoms with E-state index in [9.17, 15) is 4.39 Å². The van der Waals surface area contributed by atoms with E-state index in [1.54, 1.807) is 23.9 Å². The Hall–Kier alpha value is -1.32. The average molecular weight is 261 g/mol. The topological polar surface area (TPSA) is 26.0 Å². The summed E-state index contributed by atoms with van der Waals surface area (Å²) in [5.74, 6) is -0.208. The molecule has 2 unspecified atom stereocenters. The molecule has 2 atom stereocenters. The van der Waals surface area contributed by atoms with E-state index in [0.717, 1.165) is 10.5 Å². The summed E-state index contributed by atoms with van der Waals surface area (Å²) in [6.45, 7) is 2.06. The van der Waals surface area contributed by atoms with Crippen LogP contribution in [-0.2, 0) is 0 Å². The average Bonchev–Trinajstić information content (AvgIpc) is 2.39. The van der Waals surface area contributed by atoms with E-state index in [1.807, 2.05) is 36.4 Å². The second kappa shape index (κ2) is 6.03. The molecular weight excluding hydrogens is 245 g/mol. The summed E-state index contributed by atoms with van der Waals surface area (Å²) < 4.78 is 13.1. The molecule has 2 aromatic rings. The Kier molecular flexibility index (Phi) is 4.39. The van der Waals surface area contributed by atoms with Crippen LogP contribution in [0.5, 0.6) is 0 Å². The minimum atomic E-state index is -0.208. The Morgan fingerprint density at radius 3 is 2.44 bits per heavy atom. The molecule has 0 amide bonds. The Morgan fingerprint density at radius 2 is 1.78 bits per heavy atom. The van der Waals surface area contributed by atoms with Crippen molar-refractivity contribution in [2.24, 2.45) is 5.73 Å². The minimum absolute atomic E-state index is 0.0560. The smallest absolute Gasteiger partial charge is 0.124 e. The molecule has 0 aliphatic carbocycles. The predicted molar refractivity (Wildman–Crippen MR) is 75.1 cm³/mol. The minimum Gasteiger partial charge on any atom is -0.323 e. The van der Waals surface area contributed by atoms with Crippen LogP contribution in [0.1, 0.15) is 18.5 Å². The Balaban J connectivity index is 2.06. The highest BCUT2D eigenvalue weighted by Gasteiger charge is 2.15. The molecule has 0 aromatic heterocycles. The lowest BCUT2D eigenvalue weighted by atomic mass is 10.1. The van der Waals surface area contributed by atoms with E-state index in [2.05, 4.69) is 6.92 Å². The summed E-state index contributed by atoms with van der Waals surface area (Å²) in [6.07, 6.45) is 0. The van der Waals surface area contributed by atoms with Crippen molar-refractivity contribution in [2.45, 2.75) is 23.1 Å². The fraction of sp³-hybridized carbons (Fsp3) is 0.200. The normalized spacial score (nSPS) is 14.2. The summed E-state index contributed by atoms with van der Waals surface area (Å²) >= 11 is 1.60. The van der Waals surface area contributed by atoms with Crippen molar-refractivity contribution in [3.05, 3.63) is 66.0 Å². The van der Waals surface area contributed by atoms with Gasteiger partial charge in [0.25, 0.3) is 0 Å². The van der Waals surface area contributed by atoms with Crippen molar-refractivity contribution < 1.29 is 4.39 Å². The van der Waals surface area contributed by atoms with E-state index in [1.165, 1.54) is 6.07 Å². The zero-order chi connectivity index (χ0) is 13.0. The van der Waals surface area contributed by atoms with Gasteiger partial charge in [-0.15, -0.1) is 11.8 Å². The first-order valence-corrected chi connectivity index (χ1v) is 6.77. The molecular formula is C15H16FNS. The highest BCUT2D eigenvalue weighted by molar-refractivity contribution is 8.00. The molecule has 1 nitrogen and oxygen atoms in total. The quantitative estimate of drug-likeness (QED) is 0.842. The van der Waals surface area contributed by atoms with Crippen LogP contribution in [0.4, 0.5) is 4.39 Å². The molecule has 0 aliphatic rings. The van der Waals surface area contributed by atoms with Crippen LogP contribution < -0.4 is 5.73 Å². The van der Waals surface area contributed by atoms with Gasteiger partial charge < -0.3 is 5.73 Å². The predicted octanol–water partition coefficient (Wildman–Crippen LogP) is 4.01. The number of halogens is 1. The van der Waals surface area contributed by atoms with Gasteiger partial charge in [0.05, 0.1) is 0 Å². The highest BCUT2D eigenvalue weighted by atomic mass is 32.2. The maximum absolute atomic E-state index is 13.1. The molecule has 18 heavy (non-hydrogen) atoms. The van der Waals surface area contributed by atoms with E-state index in [4.69, 9.17) is 5.73 Å². The van der Waals surface area contributed by atoms with Gasteiger partial charge in [-0.1, -0.05) is 43.3 Å². The first-order chi connectivity index (χ1) is 8.66. The van der Waals surface area contributed by atoms with Crippen LogP contribution in [-0.4, -0.2) is 5.25 Å². The monoisotopic (exact) mass is 261 g/mol. The highest BCUT2D eigenvalue weighted by Crippen LogP contribution is 2.30. The Morgan fingerprint density at radius 1 is 1.06 bits per heavy atom. The third kappa shape index (κ3) is 3.34. The Bertz CT molecular complexity index is 501. The number of benzene rings is 2. The van der Waals surface area contributed by atoms with Gasteiger partial charge in [0.1, 0.15) is 5.82 Å². The number of hydrogen-bond donors (Lipinski definition) is 1. The summed E-state index contributed by atoms with van der Waals surface area (Å²) in [6, 6.07) is 16.5. The molecule has 2 rings (SSSR count). The molecule has 2 N–H and O–H groups in total. The number of hydrogen-bond acceptors (Lipinski definition) is 2. The van der Waals surface area contributed by atoms with Crippen LogP contribution in [0.15, 0.2) is 59.5 Å². The van der Waals surface area contributed by atoms with Crippen LogP contribution >= 0.6 is 11.8 Å². The lowest BCUT2D eigenvalue weighted by Gasteiger charge is -2.19. The van der Waals surface area contributed by atoms with Gasteiger partial charge in [-0.2, -0.15) is 0 Å². The molecule has 0 aliphatic heterocycles. The van der Waals surface area contributed by atoms with Gasteiger partial charge in [0.2, 0.25) is 0 Å². The molecule has 2 aromatic carbocycles. The van der Waals surface area contributed by atoms with E-state index in [0.29, 0.717) is 0 Å². The van der Waals surface area contributed by atoms with Gasteiger partial charge in [-0.05, 0) is 23.8 Å². The fourth-order valence-electron chi connectivity index (χ4n) is 1.77. The molecule has 0 spiro atoms. The van der Waals surface area contributed by atoms with Crippen molar-refractivity contribution in [3.8, 4) is 0 Å². The first kappa shape index (κ1) is 13.1. The first-order valence-electron chi connectivity index (χ1n) is 5.89. The zero-order valence-electron chi connectivity index (χ0n) is 10.2. The molecule has 0 fully saturated rings. The summed E-state index contributed by atoms with van der Waals surface area (Å²) in [5.41, 5.74) is 7.32.